The van der Waals surface area contributed by atoms with Crippen molar-refractivity contribution in [2.75, 3.05) is 5.88 Å². The summed E-state index contributed by atoms with van der Waals surface area (Å²) in [5.74, 6) is 1.36. The predicted octanol–water partition coefficient (Wildman–Crippen LogP) is 3.93. The van der Waals surface area contributed by atoms with Crippen molar-refractivity contribution in [1.82, 2.24) is 0 Å². The fraction of sp³-hybridized carbons (Fsp3) is 0.400. The molecule has 0 radical (unpaired) electrons. The van der Waals surface area contributed by atoms with E-state index in [-0.39, 0.29) is 5.82 Å². The topological polar surface area (TPSA) is 0 Å². The third kappa shape index (κ3) is 1.89. The van der Waals surface area contributed by atoms with Crippen LogP contribution in [-0.4, -0.2) is 5.88 Å². The summed E-state index contributed by atoms with van der Waals surface area (Å²) in [6.45, 7) is 0. The van der Waals surface area contributed by atoms with Crippen molar-refractivity contribution in [2.24, 2.45) is 5.92 Å². The van der Waals surface area contributed by atoms with E-state index in [1.807, 2.05) is 12.1 Å². The molecule has 0 aliphatic heterocycles. The monoisotopic (exact) mass is 262 g/mol. The zero-order valence-corrected chi connectivity index (χ0v) is 9.28. The van der Waals surface area contributed by atoms with Crippen LogP contribution in [0.15, 0.2) is 22.7 Å². The number of hydrogen-bond acceptors (Lipinski definition) is 0. The van der Waals surface area contributed by atoms with Crippen molar-refractivity contribution in [3.63, 3.8) is 0 Å². The Bertz CT molecular complexity index is 327. The first-order valence-electron chi connectivity index (χ1n) is 4.23. The van der Waals surface area contributed by atoms with Crippen molar-refractivity contribution < 1.29 is 4.39 Å². The van der Waals surface area contributed by atoms with Crippen LogP contribution in [0.3, 0.4) is 0 Å². The minimum absolute atomic E-state index is 0.119. The van der Waals surface area contributed by atoms with E-state index in [4.69, 9.17) is 11.6 Å². The van der Waals surface area contributed by atoms with Crippen LogP contribution in [0.4, 0.5) is 4.39 Å². The molecule has 1 aliphatic carbocycles. The number of rotatable bonds is 2. The number of alkyl halides is 1. The molecule has 1 aliphatic rings. The smallest absolute Gasteiger partial charge is 0.127 e. The lowest BCUT2D eigenvalue weighted by molar-refractivity contribution is 0.607. The minimum Gasteiger partial charge on any atom is -0.207 e. The molecule has 70 valence electrons. The maximum absolute atomic E-state index is 13.4. The average Bonchev–Trinajstić information content (AvgIpc) is 2.83. The van der Waals surface area contributed by atoms with Crippen LogP contribution >= 0.6 is 27.5 Å². The molecule has 1 aromatic rings. The summed E-state index contributed by atoms with van der Waals surface area (Å²) in [4.78, 5) is 0. The molecule has 1 saturated carbocycles. The van der Waals surface area contributed by atoms with Crippen LogP contribution in [0.5, 0.6) is 0 Å². The third-order valence-corrected chi connectivity index (χ3v) is 3.37. The lowest BCUT2D eigenvalue weighted by Crippen LogP contribution is -1.89. The summed E-state index contributed by atoms with van der Waals surface area (Å²) in [6, 6.07) is 5.23. The standard InChI is InChI=1S/C10H9BrClF/c11-7-1-2-8(10(13)4-7)9-3-6(9)5-12/h1-2,4,6,9H,3,5H2. The highest BCUT2D eigenvalue weighted by Gasteiger charge is 2.38. The van der Waals surface area contributed by atoms with Crippen LogP contribution in [0.25, 0.3) is 0 Å². The number of halogens is 3. The van der Waals surface area contributed by atoms with Crippen LogP contribution in [0, 0.1) is 11.7 Å². The van der Waals surface area contributed by atoms with Gasteiger partial charge in [-0.15, -0.1) is 11.6 Å². The second-order valence-corrected chi connectivity index (χ2v) is 4.65. The molecule has 13 heavy (non-hydrogen) atoms. The number of benzene rings is 1. The normalized spacial score (nSPS) is 26.1. The lowest BCUT2D eigenvalue weighted by Gasteiger charge is -2.01. The first-order valence-corrected chi connectivity index (χ1v) is 5.56. The Hall–Kier alpha value is -0.0800. The van der Waals surface area contributed by atoms with E-state index in [2.05, 4.69) is 15.9 Å². The van der Waals surface area contributed by atoms with Gasteiger partial charge in [0.25, 0.3) is 0 Å². The van der Waals surface area contributed by atoms with Crippen molar-refractivity contribution in [1.29, 1.82) is 0 Å². The Morgan fingerprint density at radius 3 is 2.85 bits per heavy atom. The van der Waals surface area contributed by atoms with E-state index in [1.54, 1.807) is 0 Å². The van der Waals surface area contributed by atoms with Gasteiger partial charge in [-0.3, -0.25) is 0 Å². The van der Waals surface area contributed by atoms with Gasteiger partial charge >= 0.3 is 0 Å². The molecular formula is C10H9BrClF. The van der Waals surface area contributed by atoms with Crippen LogP contribution < -0.4 is 0 Å². The molecule has 0 bridgehead atoms. The summed E-state index contributed by atoms with van der Waals surface area (Å²) < 4.78 is 14.2. The molecule has 2 atom stereocenters. The van der Waals surface area contributed by atoms with Gasteiger partial charge in [-0.25, -0.2) is 4.39 Å². The van der Waals surface area contributed by atoms with Gasteiger partial charge in [0.15, 0.2) is 0 Å². The Kier molecular flexibility index (Phi) is 2.61. The molecule has 0 spiro atoms. The Morgan fingerprint density at radius 2 is 2.31 bits per heavy atom. The molecule has 0 saturated heterocycles. The minimum atomic E-state index is -0.119. The fourth-order valence-corrected chi connectivity index (χ4v) is 2.28. The summed E-state index contributed by atoms with van der Waals surface area (Å²) in [6.07, 6.45) is 1.03. The van der Waals surface area contributed by atoms with Crippen molar-refractivity contribution in [2.45, 2.75) is 12.3 Å². The zero-order chi connectivity index (χ0) is 9.42. The molecule has 1 fully saturated rings. The molecule has 0 aromatic heterocycles. The first kappa shape index (κ1) is 9.47. The Balaban J connectivity index is 2.22. The predicted molar refractivity (Wildman–Crippen MR) is 55.7 cm³/mol. The zero-order valence-electron chi connectivity index (χ0n) is 6.93. The molecule has 1 aromatic carbocycles. The number of hydrogen-bond donors (Lipinski definition) is 0. The molecule has 0 nitrogen and oxygen atoms in total. The Labute approximate surface area is 90.2 Å². The SMILES string of the molecule is Fc1cc(Br)ccc1C1CC1CCl. The van der Waals surface area contributed by atoms with Gasteiger partial charge < -0.3 is 0 Å². The van der Waals surface area contributed by atoms with Crippen LogP contribution in [0.1, 0.15) is 17.9 Å². The molecular weight excluding hydrogens is 254 g/mol. The summed E-state index contributed by atoms with van der Waals surface area (Å²) in [5.41, 5.74) is 0.814. The highest BCUT2D eigenvalue weighted by atomic mass is 79.9. The molecule has 0 amide bonds. The second kappa shape index (κ2) is 3.58. The maximum atomic E-state index is 13.4. The fourth-order valence-electron chi connectivity index (χ4n) is 1.60. The van der Waals surface area contributed by atoms with Gasteiger partial charge in [0.05, 0.1) is 0 Å². The van der Waals surface area contributed by atoms with E-state index in [0.29, 0.717) is 17.7 Å². The van der Waals surface area contributed by atoms with E-state index in [1.165, 1.54) is 6.07 Å². The van der Waals surface area contributed by atoms with Gasteiger partial charge in [-0.2, -0.15) is 0 Å². The van der Waals surface area contributed by atoms with E-state index in [9.17, 15) is 4.39 Å². The highest BCUT2D eigenvalue weighted by molar-refractivity contribution is 9.10. The quantitative estimate of drug-likeness (QED) is 0.709. The van der Waals surface area contributed by atoms with Gasteiger partial charge in [-0.1, -0.05) is 22.0 Å². The molecule has 2 rings (SSSR count). The summed E-state index contributed by atoms with van der Waals surface area (Å²) >= 11 is 8.93. The summed E-state index contributed by atoms with van der Waals surface area (Å²) in [7, 11) is 0. The van der Waals surface area contributed by atoms with E-state index >= 15 is 0 Å². The van der Waals surface area contributed by atoms with Gasteiger partial charge in [0.1, 0.15) is 5.82 Å². The van der Waals surface area contributed by atoms with E-state index < -0.39 is 0 Å². The molecule has 2 unspecified atom stereocenters. The van der Waals surface area contributed by atoms with Crippen LogP contribution in [0.2, 0.25) is 0 Å². The molecule has 3 heteroatoms. The van der Waals surface area contributed by atoms with Crippen molar-refractivity contribution in [3.8, 4) is 0 Å². The Morgan fingerprint density at radius 1 is 1.54 bits per heavy atom. The third-order valence-electron chi connectivity index (χ3n) is 2.48. The maximum Gasteiger partial charge on any atom is 0.127 e. The lowest BCUT2D eigenvalue weighted by atomic mass is 10.1. The van der Waals surface area contributed by atoms with Gasteiger partial charge in [0.2, 0.25) is 0 Å². The van der Waals surface area contributed by atoms with Gasteiger partial charge in [-0.05, 0) is 36.0 Å². The molecule has 0 heterocycles. The second-order valence-electron chi connectivity index (χ2n) is 3.42. The summed E-state index contributed by atoms with van der Waals surface area (Å²) in [5, 5.41) is 0. The van der Waals surface area contributed by atoms with Crippen molar-refractivity contribution in [3.05, 3.63) is 34.1 Å². The highest BCUT2D eigenvalue weighted by Crippen LogP contribution is 2.48. The van der Waals surface area contributed by atoms with Gasteiger partial charge in [0, 0.05) is 10.4 Å². The van der Waals surface area contributed by atoms with Crippen LogP contribution in [-0.2, 0) is 0 Å². The molecule has 0 N–H and O–H groups in total. The largest absolute Gasteiger partial charge is 0.207 e. The van der Waals surface area contributed by atoms with Crippen molar-refractivity contribution >= 4 is 27.5 Å². The first-order chi connectivity index (χ1) is 6.22. The average molecular weight is 264 g/mol. The van der Waals surface area contributed by atoms with E-state index in [0.717, 1.165) is 16.5 Å².